The summed E-state index contributed by atoms with van der Waals surface area (Å²) in [5.74, 6) is 1.24. The summed E-state index contributed by atoms with van der Waals surface area (Å²) >= 11 is 8.89. The topological polar surface area (TPSA) is 112 Å². The first-order valence-electron chi connectivity index (χ1n) is 11.3. The van der Waals surface area contributed by atoms with E-state index in [1.54, 1.807) is 24.3 Å². The SMILES string of the molecule is CCOc1nc(SCc2csc(-c3ccc(Cl)cc3)n2)c(C#N)c(-c2ccc(OCCO)cc2)c1C#N. The number of halogens is 1. The highest BCUT2D eigenvalue weighted by Crippen LogP contribution is 2.39. The first-order valence-corrected chi connectivity index (χ1v) is 13.5. The van der Waals surface area contributed by atoms with Gasteiger partial charge in [-0.2, -0.15) is 10.5 Å². The lowest BCUT2D eigenvalue weighted by atomic mass is 9.97. The van der Waals surface area contributed by atoms with Gasteiger partial charge in [0, 0.05) is 27.3 Å². The minimum atomic E-state index is -0.0955. The van der Waals surface area contributed by atoms with Gasteiger partial charge in [0.05, 0.1) is 24.5 Å². The number of hydrogen-bond donors (Lipinski definition) is 1. The van der Waals surface area contributed by atoms with Gasteiger partial charge in [-0.15, -0.1) is 11.3 Å². The first-order chi connectivity index (χ1) is 18.1. The number of thioether (sulfide) groups is 1. The van der Waals surface area contributed by atoms with Crippen LogP contribution in [0, 0.1) is 22.7 Å². The molecule has 7 nitrogen and oxygen atoms in total. The average Bonchev–Trinajstić information content (AvgIpc) is 3.40. The highest BCUT2D eigenvalue weighted by Gasteiger charge is 2.23. The Bertz CT molecular complexity index is 1460. The van der Waals surface area contributed by atoms with Crippen molar-refractivity contribution in [3.8, 4) is 45.5 Å². The van der Waals surface area contributed by atoms with Crippen LogP contribution in [0.25, 0.3) is 21.7 Å². The van der Waals surface area contributed by atoms with Crippen LogP contribution < -0.4 is 9.47 Å². The van der Waals surface area contributed by atoms with Crippen LogP contribution in [0.2, 0.25) is 5.02 Å². The van der Waals surface area contributed by atoms with Gasteiger partial charge in [0.25, 0.3) is 0 Å². The molecule has 4 rings (SSSR count). The van der Waals surface area contributed by atoms with Gasteiger partial charge in [-0.1, -0.05) is 47.6 Å². The van der Waals surface area contributed by atoms with Gasteiger partial charge in [0.2, 0.25) is 5.88 Å². The number of benzene rings is 2. The van der Waals surface area contributed by atoms with E-state index in [0.717, 1.165) is 16.3 Å². The van der Waals surface area contributed by atoms with Crippen molar-refractivity contribution in [3.63, 3.8) is 0 Å². The summed E-state index contributed by atoms with van der Waals surface area (Å²) in [4.78, 5) is 9.26. The number of thiazole rings is 1. The standard InChI is InChI=1S/C27H21ClN4O3S2/c1-2-34-25-22(13-29)24(17-5-9-21(10-6-17)35-12-11-33)23(14-30)27(32-25)37-16-20-15-36-26(31-20)18-3-7-19(28)8-4-18/h3-10,15,33H,2,11-12,16H2,1H3. The summed E-state index contributed by atoms with van der Waals surface area (Å²) < 4.78 is 11.1. The molecule has 0 radical (unpaired) electrons. The van der Waals surface area contributed by atoms with Crippen molar-refractivity contribution >= 4 is 34.7 Å². The molecule has 0 unspecified atom stereocenters. The van der Waals surface area contributed by atoms with Crippen LogP contribution in [0.1, 0.15) is 23.7 Å². The zero-order valence-corrected chi connectivity index (χ0v) is 22.2. The molecule has 186 valence electrons. The summed E-state index contributed by atoms with van der Waals surface area (Å²) in [6.07, 6.45) is 0. The zero-order valence-electron chi connectivity index (χ0n) is 19.8. The smallest absolute Gasteiger partial charge is 0.233 e. The van der Waals surface area contributed by atoms with Crippen molar-refractivity contribution in [2.75, 3.05) is 19.8 Å². The Morgan fingerprint density at radius 2 is 1.68 bits per heavy atom. The third-order valence-electron chi connectivity index (χ3n) is 5.14. The van der Waals surface area contributed by atoms with Gasteiger partial charge in [-0.3, -0.25) is 0 Å². The quantitative estimate of drug-likeness (QED) is 0.229. The fourth-order valence-corrected chi connectivity index (χ4v) is 5.44. The fraction of sp³-hybridized carbons (Fsp3) is 0.185. The molecule has 2 heterocycles. The molecule has 10 heteroatoms. The third-order valence-corrected chi connectivity index (χ3v) is 7.34. The molecule has 0 aliphatic heterocycles. The number of nitrogens with zero attached hydrogens (tertiary/aromatic N) is 4. The summed E-state index contributed by atoms with van der Waals surface area (Å²) in [6, 6.07) is 18.9. The van der Waals surface area contributed by atoms with Crippen molar-refractivity contribution in [1.29, 1.82) is 10.5 Å². The van der Waals surface area contributed by atoms with E-state index in [-0.39, 0.29) is 24.7 Å². The molecule has 0 saturated heterocycles. The van der Waals surface area contributed by atoms with E-state index in [1.165, 1.54) is 23.1 Å². The Labute approximate surface area is 227 Å². The monoisotopic (exact) mass is 548 g/mol. The van der Waals surface area contributed by atoms with Crippen molar-refractivity contribution < 1.29 is 14.6 Å². The minimum Gasteiger partial charge on any atom is -0.491 e. The molecular weight excluding hydrogens is 528 g/mol. The Morgan fingerprint density at radius 1 is 0.973 bits per heavy atom. The lowest BCUT2D eigenvalue weighted by molar-refractivity contribution is 0.201. The van der Waals surface area contributed by atoms with Crippen molar-refractivity contribution in [3.05, 3.63) is 75.8 Å². The van der Waals surface area contributed by atoms with E-state index in [2.05, 4.69) is 17.1 Å². The molecule has 2 aromatic carbocycles. The summed E-state index contributed by atoms with van der Waals surface area (Å²) in [5, 5.41) is 33.0. The van der Waals surface area contributed by atoms with Crippen molar-refractivity contribution in [1.82, 2.24) is 9.97 Å². The van der Waals surface area contributed by atoms with Crippen LogP contribution >= 0.6 is 34.7 Å². The number of nitriles is 2. The molecule has 0 spiro atoms. The van der Waals surface area contributed by atoms with Gasteiger partial charge >= 0.3 is 0 Å². The Balaban J connectivity index is 1.68. The second-order valence-corrected chi connectivity index (χ2v) is 9.80. The maximum Gasteiger partial charge on any atom is 0.233 e. The lowest BCUT2D eigenvalue weighted by Crippen LogP contribution is -2.04. The number of aromatic nitrogens is 2. The Kier molecular flexibility index (Phi) is 8.99. The zero-order chi connectivity index (χ0) is 26.2. The van der Waals surface area contributed by atoms with Crippen molar-refractivity contribution in [2.24, 2.45) is 0 Å². The number of ether oxygens (including phenoxy) is 2. The first kappa shape index (κ1) is 26.5. The highest BCUT2D eigenvalue weighted by molar-refractivity contribution is 7.98. The van der Waals surface area contributed by atoms with Crippen LogP contribution in [0.3, 0.4) is 0 Å². The molecular formula is C27H21ClN4O3S2. The Morgan fingerprint density at radius 3 is 2.32 bits per heavy atom. The average molecular weight is 549 g/mol. The van der Waals surface area contributed by atoms with Gasteiger partial charge in [-0.05, 0) is 36.8 Å². The number of aliphatic hydroxyl groups excluding tert-OH is 1. The molecule has 37 heavy (non-hydrogen) atoms. The molecule has 0 bridgehead atoms. The van der Waals surface area contributed by atoms with E-state index in [1.807, 2.05) is 36.6 Å². The molecule has 2 aromatic heterocycles. The molecule has 0 saturated carbocycles. The maximum absolute atomic E-state index is 10.1. The van der Waals surface area contributed by atoms with E-state index >= 15 is 0 Å². The molecule has 0 atom stereocenters. The van der Waals surface area contributed by atoms with E-state index in [9.17, 15) is 10.5 Å². The second kappa shape index (κ2) is 12.6. The molecule has 0 amide bonds. The normalized spacial score (nSPS) is 10.5. The summed E-state index contributed by atoms with van der Waals surface area (Å²) in [6.45, 7) is 2.21. The van der Waals surface area contributed by atoms with Crippen LogP contribution in [0.4, 0.5) is 0 Å². The van der Waals surface area contributed by atoms with Crippen LogP contribution in [0.5, 0.6) is 11.6 Å². The van der Waals surface area contributed by atoms with Gasteiger partial charge in [0.1, 0.15) is 40.1 Å². The molecule has 0 aliphatic rings. The summed E-state index contributed by atoms with van der Waals surface area (Å²) in [5.41, 5.74) is 3.44. The van der Waals surface area contributed by atoms with Gasteiger partial charge < -0.3 is 14.6 Å². The number of aliphatic hydroxyl groups is 1. The molecule has 0 aliphatic carbocycles. The number of hydrogen-bond acceptors (Lipinski definition) is 9. The number of rotatable bonds is 10. The van der Waals surface area contributed by atoms with E-state index in [4.69, 9.17) is 31.2 Å². The fourth-order valence-electron chi connectivity index (χ4n) is 3.51. The van der Waals surface area contributed by atoms with Gasteiger partial charge in [-0.25, -0.2) is 9.97 Å². The number of pyridine rings is 1. The highest BCUT2D eigenvalue weighted by atomic mass is 35.5. The van der Waals surface area contributed by atoms with Crippen LogP contribution in [0.15, 0.2) is 58.9 Å². The predicted molar refractivity (Wildman–Crippen MR) is 145 cm³/mol. The maximum atomic E-state index is 10.1. The lowest BCUT2D eigenvalue weighted by Gasteiger charge is -2.15. The predicted octanol–water partition coefficient (Wildman–Crippen LogP) is 6.33. The van der Waals surface area contributed by atoms with Crippen LogP contribution in [-0.2, 0) is 5.75 Å². The van der Waals surface area contributed by atoms with E-state index < -0.39 is 0 Å². The third kappa shape index (κ3) is 6.22. The summed E-state index contributed by atoms with van der Waals surface area (Å²) in [7, 11) is 0. The van der Waals surface area contributed by atoms with E-state index in [0.29, 0.717) is 44.8 Å². The second-order valence-electron chi connectivity index (χ2n) is 7.54. The molecule has 0 fully saturated rings. The molecule has 1 N–H and O–H groups in total. The van der Waals surface area contributed by atoms with Crippen LogP contribution in [-0.4, -0.2) is 34.9 Å². The Hall–Kier alpha value is -3.60. The minimum absolute atomic E-state index is 0.0955. The largest absolute Gasteiger partial charge is 0.491 e. The van der Waals surface area contributed by atoms with Crippen molar-refractivity contribution in [2.45, 2.75) is 17.7 Å². The van der Waals surface area contributed by atoms with Gasteiger partial charge in [0.15, 0.2) is 0 Å². The molecule has 4 aromatic rings.